The third-order valence-electron chi connectivity index (χ3n) is 4.79. The van der Waals surface area contributed by atoms with Gasteiger partial charge in [-0.2, -0.15) is 26.3 Å². The first-order valence-corrected chi connectivity index (χ1v) is 10.5. The molecule has 1 N–H and O–H groups in total. The van der Waals surface area contributed by atoms with E-state index in [1.54, 1.807) is 12.1 Å². The number of nitrogens with zero attached hydrogens (tertiary/aromatic N) is 3. The number of alkyl halides is 7. The number of benzene rings is 2. The van der Waals surface area contributed by atoms with Gasteiger partial charge in [0.1, 0.15) is 11.4 Å². The van der Waals surface area contributed by atoms with Crippen molar-refractivity contribution in [2.75, 3.05) is 0 Å². The minimum atomic E-state index is -6.33. The SMILES string of the molecule is CC(=O)NCc1cc(-c2cn(-c3c(Cl)cc(C(F)(C(F)(F)F)C(F)(F)F)cc3Cl)nn2)ccc1Cl. The van der Waals surface area contributed by atoms with Gasteiger partial charge >= 0.3 is 18.0 Å². The van der Waals surface area contributed by atoms with Crippen molar-refractivity contribution >= 4 is 40.7 Å². The third-order valence-corrected chi connectivity index (χ3v) is 5.73. The summed E-state index contributed by atoms with van der Waals surface area (Å²) in [4.78, 5) is 11.1. The number of hydrogen-bond donors (Lipinski definition) is 1. The maximum Gasteiger partial charge on any atom is 0.435 e. The van der Waals surface area contributed by atoms with Gasteiger partial charge in [-0.3, -0.25) is 4.79 Å². The Morgan fingerprint density at radius 1 is 0.943 bits per heavy atom. The number of aromatic nitrogens is 3. The number of amides is 1. The molecule has 0 bridgehead atoms. The highest BCUT2D eigenvalue weighted by Gasteiger charge is 2.73. The van der Waals surface area contributed by atoms with Crippen LogP contribution >= 0.6 is 34.8 Å². The molecule has 0 unspecified atom stereocenters. The van der Waals surface area contributed by atoms with Crippen molar-refractivity contribution in [3.8, 4) is 16.9 Å². The first kappa shape index (κ1) is 27.0. The third kappa shape index (κ3) is 5.19. The van der Waals surface area contributed by atoms with Gasteiger partial charge in [-0.25, -0.2) is 9.07 Å². The summed E-state index contributed by atoms with van der Waals surface area (Å²) in [6, 6.07) is 5.03. The van der Waals surface area contributed by atoms with Crippen molar-refractivity contribution in [2.45, 2.75) is 31.5 Å². The summed E-state index contributed by atoms with van der Waals surface area (Å²) in [5, 5.41) is 9.10. The van der Waals surface area contributed by atoms with Crippen molar-refractivity contribution in [3.63, 3.8) is 0 Å². The van der Waals surface area contributed by atoms with Crippen LogP contribution < -0.4 is 5.32 Å². The van der Waals surface area contributed by atoms with Crippen LogP contribution in [0.5, 0.6) is 0 Å². The van der Waals surface area contributed by atoms with Crippen molar-refractivity contribution < 1.29 is 35.5 Å². The minimum Gasteiger partial charge on any atom is -0.352 e. The largest absolute Gasteiger partial charge is 0.435 e. The van der Waals surface area contributed by atoms with E-state index in [0.29, 0.717) is 16.1 Å². The van der Waals surface area contributed by atoms with Crippen LogP contribution in [0.4, 0.5) is 30.7 Å². The summed E-state index contributed by atoms with van der Waals surface area (Å²) in [7, 11) is 0. The molecule has 2 aromatic carbocycles. The van der Waals surface area contributed by atoms with E-state index >= 15 is 0 Å². The van der Waals surface area contributed by atoms with Gasteiger partial charge in [0, 0.05) is 29.6 Å². The first-order valence-electron chi connectivity index (χ1n) is 9.34. The number of nitrogens with one attached hydrogen (secondary N) is 1. The van der Waals surface area contributed by atoms with Gasteiger partial charge in [-0.05, 0) is 29.8 Å². The Morgan fingerprint density at radius 2 is 1.51 bits per heavy atom. The molecule has 35 heavy (non-hydrogen) atoms. The molecule has 0 aliphatic heterocycles. The van der Waals surface area contributed by atoms with Crippen LogP contribution in [0.3, 0.4) is 0 Å². The maximum atomic E-state index is 14.4. The molecule has 0 spiro atoms. The molecule has 0 aliphatic carbocycles. The second-order valence-corrected chi connectivity index (χ2v) is 8.43. The molecule has 1 aromatic heterocycles. The molecule has 0 saturated heterocycles. The maximum absolute atomic E-state index is 14.4. The normalized spacial score (nSPS) is 12.7. The lowest BCUT2D eigenvalue weighted by atomic mass is 9.94. The van der Waals surface area contributed by atoms with Crippen LogP contribution in [0.1, 0.15) is 18.1 Å². The fourth-order valence-electron chi connectivity index (χ4n) is 3.07. The molecule has 0 radical (unpaired) electrons. The lowest BCUT2D eigenvalue weighted by Gasteiger charge is -2.30. The highest BCUT2D eigenvalue weighted by molar-refractivity contribution is 6.37. The van der Waals surface area contributed by atoms with Crippen LogP contribution in [0, 0.1) is 0 Å². The van der Waals surface area contributed by atoms with Gasteiger partial charge < -0.3 is 5.32 Å². The lowest BCUT2D eigenvalue weighted by molar-refractivity contribution is -0.348. The Balaban J connectivity index is 2.03. The summed E-state index contributed by atoms with van der Waals surface area (Å²) >= 11 is 17.9. The zero-order valence-electron chi connectivity index (χ0n) is 17.2. The van der Waals surface area contributed by atoms with Gasteiger partial charge in [0.25, 0.3) is 0 Å². The van der Waals surface area contributed by atoms with E-state index in [1.807, 2.05) is 0 Å². The smallest absolute Gasteiger partial charge is 0.352 e. The van der Waals surface area contributed by atoms with Crippen LogP contribution in [0.2, 0.25) is 15.1 Å². The average molecular weight is 564 g/mol. The van der Waals surface area contributed by atoms with E-state index in [1.165, 1.54) is 19.2 Å². The van der Waals surface area contributed by atoms with E-state index in [2.05, 4.69) is 15.6 Å². The van der Waals surface area contributed by atoms with E-state index < -0.39 is 33.6 Å². The van der Waals surface area contributed by atoms with Crippen LogP contribution in [0.25, 0.3) is 16.9 Å². The number of carbonyl (C=O) groups is 1. The van der Waals surface area contributed by atoms with Gasteiger partial charge in [-0.1, -0.05) is 46.1 Å². The number of carbonyl (C=O) groups excluding carboxylic acids is 1. The van der Waals surface area contributed by atoms with Gasteiger partial charge in [0.2, 0.25) is 5.91 Å². The highest BCUT2D eigenvalue weighted by atomic mass is 35.5. The second kappa shape index (κ2) is 9.47. The Hall–Kier alpha value is -2.57. The Morgan fingerprint density at radius 3 is 2.03 bits per heavy atom. The zero-order valence-corrected chi connectivity index (χ0v) is 19.5. The Bertz CT molecular complexity index is 1240. The van der Waals surface area contributed by atoms with Gasteiger partial charge in [0.15, 0.2) is 0 Å². The molecule has 0 aliphatic rings. The van der Waals surface area contributed by atoms with Crippen molar-refractivity contribution in [1.29, 1.82) is 0 Å². The fraction of sp³-hybridized carbons (Fsp3) is 0.250. The summed E-state index contributed by atoms with van der Waals surface area (Å²) in [6.45, 7) is 1.43. The van der Waals surface area contributed by atoms with Gasteiger partial charge in [0.05, 0.1) is 16.2 Å². The summed E-state index contributed by atoms with van der Waals surface area (Å²) in [5.41, 5.74) is -6.67. The number of halogens is 10. The van der Waals surface area contributed by atoms with E-state index in [4.69, 9.17) is 34.8 Å². The average Bonchev–Trinajstić information content (AvgIpc) is 3.19. The predicted molar refractivity (Wildman–Crippen MR) is 114 cm³/mol. The molecule has 3 aromatic rings. The Kier molecular flexibility index (Phi) is 7.31. The summed E-state index contributed by atoms with van der Waals surface area (Å²) in [5.74, 6) is -0.293. The van der Waals surface area contributed by atoms with E-state index in [0.717, 1.165) is 4.68 Å². The molecule has 0 saturated carbocycles. The fourth-order valence-corrected chi connectivity index (χ4v) is 3.91. The highest BCUT2D eigenvalue weighted by Crippen LogP contribution is 2.54. The summed E-state index contributed by atoms with van der Waals surface area (Å²) < 4.78 is 93.8. The molecule has 5 nitrogen and oxygen atoms in total. The van der Waals surface area contributed by atoms with Crippen LogP contribution in [-0.4, -0.2) is 33.3 Å². The second-order valence-electron chi connectivity index (χ2n) is 7.21. The molecule has 1 heterocycles. The molecular formula is C20H12Cl3F7N4O. The molecule has 0 fully saturated rings. The molecule has 15 heteroatoms. The van der Waals surface area contributed by atoms with Crippen LogP contribution in [0.15, 0.2) is 36.5 Å². The Labute approximate surface area is 207 Å². The lowest BCUT2D eigenvalue weighted by Crippen LogP contribution is -2.50. The van der Waals surface area contributed by atoms with E-state index in [-0.39, 0.29) is 36.0 Å². The quantitative estimate of drug-likeness (QED) is 0.347. The molecular weight excluding hydrogens is 552 g/mol. The standard InChI is InChI=1S/C20H12Cl3F7N4O/c1-9(35)31-7-11-4-10(2-3-13(11)21)16-8-34(33-32-16)17-14(22)5-12(6-15(17)23)18(24,19(25,26)27)20(28,29)30/h2-6,8H,7H2,1H3,(H,31,35). The van der Waals surface area contributed by atoms with Crippen molar-refractivity contribution in [3.05, 3.63) is 62.7 Å². The van der Waals surface area contributed by atoms with Crippen molar-refractivity contribution in [2.24, 2.45) is 0 Å². The zero-order chi connectivity index (χ0) is 26.3. The monoisotopic (exact) mass is 562 g/mol. The minimum absolute atomic E-state index is 0.110. The topological polar surface area (TPSA) is 59.8 Å². The van der Waals surface area contributed by atoms with Crippen molar-refractivity contribution in [1.82, 2.24) is 20.3 Å². The molecule has 1 amide bonds. The molecule has 3 rings (SSSR count). The van der Waals surface area contributed by atoms with E-state index in [9.17, 15) is 35.5 Å². The first-order chi connectivity index (χ1) is 16.1. The molecule has 188 valence electrons. The molecule has 0 atom stereocenters. The number of hydrogen-bond acceptors (Lipinski definition) is 3. The summed E-state index contributed by atoms with van der Waals surface area (Å²) in [6.07, 6.45) is -11.4. The predicted octanol–water partition coefficient (Wildman–Crippen LogP) is 6.82. The van der Waals surface area contributed by atoms with Gasteiger partial charge in [-0.15, -0.1) is 5.10 Å². The van der Waals surface area contributed by atoms with Crippen LogP contribution in [-0.2, 0) is 17.0 Å². The number of rotatable bonds is 5.